The molecule has 29 heavy (non-hydrogen) atoms. The smallest absolute Gasteiger partial charge is 0.311 e. The first kappa shape index (κ1) is 17.6. The van der Waals surface area contributed by atoms with Gasteiger partial charge in [0.25, 0.3) is 0 Å². The lowest BCUT2D eigenvalue weighted by molar-refractivity contribution is 0.174. The number of aromatic nitrogens is 2. The minimum Gasteiger partial charge on any atom is -0.454 e. The molecule has 7 heteroatoms. The van der Waals surface area contributed by atoms with Crippen molar-refractivity contribution in [2.24, 2.45) is 0 Å². The number of fused-ring (bicyclic) bond motifs is 2. The molecular weight excluding hydrogens is 392 g/mol. The van der Waals surface area contributed by atoms with Crippen molar-refractivity contribution < 1.29 is 14.2 Å². The van der Waals surface area contributed by atoms with E-state index in [0.717, 1.165) is 16.3 Å². The standard InChI is InChI=1S/C22H15ClN2O4/c23-18-11-24-25(12-15-6-3-5-14-4-1-2-7-17(14)15)22(26)21(18)29-16-8-9-19-20(10-16)28-13-27-19/h1-11H,12-13H2. The average molecular weight is 407 g/mol. The van der Waals surface area contributed by atoms with Crippen molar-refractivity contribution in [2.75, 3.05) is 6.79 Å². The fraction of sp³-hybridized carbons (Fsp3) is 0.0909. The highest BCUT2D eigenvalue weighted by atomic mass is 35.5. The zero-order valence-corrected chi connectivity index (χ0v) is 15.9. The van der Waals surface area contributed by atoms with Crippen LogP contribution in [-0.2, 0) is 6.54 Å². The summed E-state index contributed by atoms with van der Waals surface area (Å²) in [5.74, 6) is 1.63. The van der Waals surface area contributed by atoms with Gasteiger partial charge in [0.15, 0.2) is 11.5 Å². The van der Waals surface area contributed by atoms with Crippen LogP contribution < -0.4 is 19.8 Å². The molecule has 2 heterocycles. The number of benzene rings is 3. The van der Waals surface area contributed by atoms with Crippen molar-refractivity contribution in [2.45, 2.75) is 6.54 Å². The second-order valence-electron chi connectivity index (χ2n) is 6.54. The lowest BCUT2D eigenvalue weighted by Gasteiger charge is -2.12. The summed E-state index contributed by atoms with van der Waals surface area (Å²) in [6.45, 7) is 0.460. The Morgan fingerprint density at radius 1 is 1.03 bits per heavy atom. The quantitative estimate of drug-likeness (QED) is 0.495. The van der Waals surface area contributed by atoms with Gasteiger partial charge in [0.05, 0.1) is 12.7 Å². The normalized spacial score (nSPS) is 12.3. The third-order valence-electron chi connectivity index (χ3n) is 4.72. The van der Waals surface area contributed by atoms with Gasteiger partial charge in [-0.3, -0.25) is 4.79 Å². The third-order valence-corrected chi connectivity index (χ3v) is 4.99. The summed E-state index contributed by atoms with van der Waals surface area (Å²) < 4.78 is 17.8. The largest absolute Gasteiger partial charge is 0.454 e. The zero-order chi connectivity index (χ0) is 19.8. The van der Waals surface area contributed by atoms with Crippen LogP contribution in [0.2, 0.25) is 5.02 Å². The molecule has 6 nitrogen and oxygen atoms in total. The van der Waals surface area contributed by atoms with Crippen LogP contribution in [0, 0.1) is 0 Å². The molecule has 0 atom stereocenters. The highest BCUT2D eigenvalue weighted by Gasteiger charge is 2.17. The zero-order valence-electron chi connectivity index (χ0n) is 15.2. The molecule has 0 saturated heterocycles. The Kier molecular flexibility index (Phi) is 4.33. The maximum absolute atomic E-state index is 13.0. The average Bonchev–Trinajstić information content (AvgIpc) is 3.21. The molecule has 5 rings (SSSR count). The van der Waals surface area contributed by atoms with E-state index in [-0.39, 0.29) is 17.6 Å². The van der Waals surface area contributed by atoms with Gasteiger partial charge in [-0.15, -0.1) is 0 Å². The lowest BCUT2D eigenvalue weighted by atomic mass is 10.0. The summed E-state index contributed by atoms with van der Waals surface area (Å²) in [6.07, 6.45) is 1.41. The summed E-state index contributed by atoms with van der Waals surface area (Å²) >= 11 is 6.21. The molecule has 1 aromatic heterocycles. The van der Waals surface area contributed by atoms with Crippen molar-refractivity contribution in [3.8, 4) is 23.0 Å². The van der Waals surface area contributed by atoms with Gasteiger partial charge < -0.3 is 14.2 Å². The Morgan fingerprint density at radius 2 is 1.86 bits per heavy atom. The van der Waals surface area contributed by atoms with E-state index in [9.17, 15) is 4.79 Å². The van der Waals surface area contributed by atoms with Gasteiger partial charge in [-0.25, -0.2) is 4.68 Å². The number of halogens is 1. The molecule has 4 aromatic rings. The molecule has 0 aliphatic carbocycles. The summed E-state index contributed by atoms with van der Waals surface area (Å²) in [5, 5.41) is 6.50. The van der Waals surface area contributed by atoms with E-state index in [1.807, 2.05) is 42.5 Å². The summed E-state index contributed by atoms with van der Waals surface area (Å²) in [6, 6.07) is 19.1. The van der Waals surface area contributed by atoms with E-state index in [1.165, 1.54) is 10.9 Å². The Balaban J connectivity index is 1.50. The van der Waals surface area contributed by atoms with E-state index < -0.39 is 5.56 Å². The molecular formula is C22H15ClN2O4. The summed E-state index contributed by atoms with van der Waals surface area (Å²) in [7, 11) is 0. The molecule has 1 aliphatic rings. The molecule has 0 unspecified atom stereocenters. The highest BCUT2D eigenvalue weighted by Crippen LogP contribution is 2.37. The second-order valence-corrected chi connectivity index (χ2v) is 6.95. The Morgan fingerprint density at radius 3 is 2.79 bits per heavy atom. The fourth-order valence-electron chi connectivity index (χ4n) is 3.31. The van der Waals surface area contributed by atoms with Gasteiger partial charge in [0, 0.05) is 6.07 Å². The predicted octanol–water partition coefficient (Wildman–Crippen LogP) is 4.62. The van der Waals surface area contributed by atoms with E-state index in [2.05, 4.69) is 5.10 Å². The monoisotopic (exact) mass is 406 g/mol. The fourth-order valence-corrected chi connectivity index (χ4v) is 3.47. The lowest BCUT2D eigenvalue weighted by Crippen LogP contribution is -2.24. The van der Waals surface area contributed by atoms with Gasteiger partial charge in [0.1, 0.15) is 10.8 Å². The number of hydrogen-bond acceptors (Lipinski definition) is 5. The first-order chi connectivity index (χ1) is 14.2. The van der Waals surface area contributed by atoms with Crippen LogP contribution in [0.5, 0.6) is 23.0 Å². The molecule has 0 bridgehead atoms. The van der Waals surface area contributed by atoms with E-state index in [1.54, 1.807) is 18.2 Å². The molecule has 0 spiro atoms. The molecule has 1 aliphatic heterocycles. The van der Waals surface area contributed by atoms with Crippen molar-refractivity contribution >= 4 is 22.4 Å². The summed E-state index contributed by atoms with van der Waals surface area (Å²) in [4.78, 5) is 13.0. The van der Waals surface area contributed by atoms with Gasteiger partial charge in [-0.05, 0) is 28.5 Å². The first-order valence-corrected chi connectivity index (χ1v) is 9.36. The maximum atomic E-state index is 13.0. The van der Waals surface area contributed by atoms with Crippen molar-refractivity contribution in [1.82, 2.24) is 9.78 Å². The van der Waals surface area contributed by atoms with Crippen LogP contribution in [0.25, 0.3) is 10.8 Å². The van der Waals surface area contributed by atoms with Crippen LogP contribution in [0.15, 0.2) is 71.7 Å². The highest BCUT2D eigenvalue weighted by molar-refractivity contribution is 6.31. The van der Waals surface area contributed by atoms with E-state index in [4.69, 9.17) is 25.8 Å². The van der Waals surface area contributed by atoms with Crippen LogP contribution >= 0.6 is 11.6 Å². The van der Waals surface area contributed by atoms with Gasteiger partial charge in [-0.1, -0.05) is 54.1 Å². The first-order valence-electron chi connectivity index (χ1n) is 8.99. The second kappa shape index (κ2) is 7.14. The van der Waals surface area contributed by atoms with Crippen molar-refractivity contribution in [1.29, 1.82) is 0 Å². The SMILES string of the molecule is O=c1c(Oc2ccc3c(c2)OCO3)c(Cl)cnn1Cc1cccc2ccccc12. The van der Waals surface area contributed by atoms with Crippen LogP contribution in [0.3, 0.4) is 0 Å². The van der Waals surface area contributed by atoms with Crippen molar-refractivity contribution in [3.05, 3.63) is 87.8 Å². The molecule has 0 amide bonds. The molecule has 0 radical (unpaired) electrons. The number of rotatable bonds is 4. The number of nitrogens with zero attached hydrogens (tertiary/aromatic N) is 2. The Hall–Kier alpha value is -3.51. The summed E-state index contributed by atoms with van der Waals surface area (Å²) in [5.41, 5.74) is 0.567. The maximum Gasteiger partial charge on any atom is 0.311 e. The van der Waals surface area contributed by atoms with Gasteiger partial charge in [-0.2, -0.15) is 5.10 Å². The molecule has 3 aromatic carbocycles. The van der Waals surface area contributed by atoms with Gasteiger partial charge in [0.2, 0.25) is 12.5 Å². The van der Waals surface area contributed by atoms with Crippen molar-refractivity contribution in [3.63, 3.8) is 0 Å². The Bertz CT molecular complexity index is 1280. The predicted molar refractivity (Wildman–Crippen MR) is 109 cm³/mol. The molecule has 0 N–H and O–H groups in total. The van der Waals surface area contributed by atoms with Crippen LogP contribution in [0.1, 0.15) is 5.56 Å². The van der Waals surface area contributed by atoms with Gasteiger partial charge >= 0.3 is 5.56 Å². The van der Waals surface area contributed by atoms with E-state index >= 15 is 0 Å². The molecule has 144 valence electrons. The molecule has 0 fully saturated rings. The third kappa shape index (κ3) is 3.28. The number of ether oxygens (including phenoxy) is 3. The van der Waals surface area contributed by atoms with Crippen LogP contribution in [-0.4, -0.2) is 16.6 Å². The minimum atomic E-state index is -0.414. The minimum absolute atomic E-state index is 0.0146. The topological polar surface area (TPSA) is 62.6 Å². The Labute approximate surface area is 170 Å². The van der Waals surface area contributed by atoms with Crippen LogP contribution in [0.4, 0.5) is 0 Å². The van der Waals surface area contributed by atoms with E-state index in [0.29, 0.717) is 23.8 Å². The number of hydrogen-bond donors (Lipinski definition) is 0. The molecule has 0 saturated carbocycles.